The fourth-order valence-electron chi connectivity index (χ4n) is 6.42. The predicted octanol–water partition coefficient (Wildman–Crippen LogP) is 5.47. The molecule has 16 heteroatoms. The van der Waals surface area contributed by atoms with Crippen molar-refractivity contribution in [1.82, 2.24) is 4.90 Å². The molecule has 4 rings (SSSR count). The number of rotatable bonds is 11. The molecule has 2 heterocycles. The Morgan fingerprint density at radius 3 is 2.29 bits per heavy atom. The first-order chi connectivity index (χ1) is 21.4. The number of piperidine rings is 1. The number of ether oxygens (including phenoxy) is 6. The molecule has 1 aromatic carbocycles. The van der Waals surface area contributed by atoms with Gasteiger partial charge in [0.15, 0.2) is 29.8 Å². The SMILES string of the molecule is CCCN1CCC[C@@H]2Cc3c(ccc(OSP(I)I)c3O[C@@H]3O[C@H](C(=O)OC)[C@@H](OC(C)=O)[C@H](OC(C)=O)[C@H]3OC(C)=O)C[C@H]21. The number of hydrogen-bond donors (Lipinski definition) is 0. The molecule has 1 aliphatic carbocycles. The molecule has 0 radical (unpaired) electrons. The number of carbonyl (C=O) groups excluding carboxylic acids is 4. The largest absolute Gasteiger partial charge is 0.467 e. The van der Waals surface area contributed by atoms with E-state index in [1.54, 1.807) is 0 Å². The molecule has 0 N–H and O–H groups in total. The van der Waals surface area contributed by atoms with Crippen molar-refractivity contribution in [2.75, 3.05) is 20.2 Å². The smallest absolute Gasteiger partial charge is 0.339 e. The van der Waals surface area contributed by atoms with Crippen LogP contribution in [0.3, 0.4) is 0 Å². The third kappa shape index (κ3) is 9.27. The Labute approximate surface area is 294 Å². The minimum atomic E-state index is -1.56. The summed E-state index contributed by atoms with van der Waals surface area (Å²) in [4.78, 5) is 52.2. The van der Waals surface area contributed by atoms with Crippen LogP contribution in [0.25, 0.3) is 0 Å². The number of fused-ring (bicyclic) bond motifs is 2. The molecule has 1 aromatic rings. The standard InChI is InChI=1S/C29H38I2NO11PS/c1-6-11-32-12-7-8-19-13-20-18(14-21(19)32)9-10-22(43-45-44(30)31)23(20)41-29-27(40-17(4)35)25(39-16(3)34)24(38-15(2)33)26(42-29)28(36)37-5/h9-10,19,21,24-27,29H,6-8,11-14H2,1-5H3/t19-,21-,24+,25+,26+,27-,29-/m1/s1. The van der Waals surface area contributed by atoms with Gasteiger partial charge in [0, 0.05) is 32.4 Å². The summed E-state index contributed by atoms with van der Waals surface area (Å²) in [5.41, 5.74) is 2.06. The third-order valence-corrected chi connectivity index (χ3v) is 11.8. The molecule has 0 spiro atoms. The molecule has 0 saturated carbocycles. The van der Waals surface area contributed by atoms with Crippen molar-refractivity contribution in [2.45, 2.75) is 96.5 Å². The van der Waals surface area contributed by atoms with Gasteiger partial charge in [0.25, 0.3) is 0 Å². The highest BCUT2D eigenvalue weighted by Crippen LogP contribution is 2.65. The Hall–Kier alpha value is -1.14. The summed E-state index contributed by atoms with van der Waals surface area (Å²) in [5.74, 6) is -1.90. The van der Waals surface area contributed by atoms with Crippen LogP contribution in [0.2, 0.25) is 0 Å². The van der Waals surface area contributed by atoms with Gasteiger partial charge >= 0.3 is 23.9 Å². The summed E-state index contributed by atoms with van der Waals surface area (Å²) >= 11 is 5.88. The molecule has 45 heavy (non-hydrogen) atoms. The van der Waals surface area contributed by atoms with Crippen molar-refractivity contribution in [1.29, 1.82) is 0 Å². The average Bonchev–Trinajstić information content (AvgIpc) is 2.97. The number of halogens is 2. The fraction of sp³-hybridized carbons (Fsp3) is 0.655. The van der Waals surface area contributed by atoms with Gasteiger partial charge in [-0.3, -0.25) is 19.3 Å². The highest BCUT2D eigenvalue weighted by Gasteiger charge is 2.56. The topological polar surface area (TPSA) is 136 Å². The lowest BCUT2D eigenvalue weighted by molar-refractivity contribution is -0.282. The van der Waals surface area contributed by atoms with Crippen molar-refractivity contribution in [3.05, 3.63) is 23.3 Å². The van der Waals surface area contributed by atoms with Crippen molar-refractivity contribution in [2.24, 2.45) is 5.92 Å². The summed E-state index contributed by atoms with van der Waals surface area (Å²) in [6.07, 6.45) is -2.52. The van der Waals surface area contributed by atoms with Crippen molar-refractivity contribution in [3.8, 4) is 11.5 Å². The van der Waals surface area contributed by atoms with Crippen LogP contribution in [0, 0.1) is 5.92 Å². The molecule has 0 bridgehead atoms. The molecule has 250 valence electrons. The predicted molar refractivity (Wildman–Crippen MR) is 183 cm³/mol. The number of esters is 4. The molecule has 12 nitrogen and oxygen atoms in total. The van der Waals surface area contributed by atoms with Crippen LogP contribution in [0.1, 0.15) is 58.1 Å². The summed E-state index contributed by atoms with van der Waals surface area (Å²) in [6.45, 7) is 7.79. The van der Waals surface area contributed by atoms with E-state index in [1.807, 2.05) is 6.07 Å². The van der Waals surface area contributed by atoms with E-state index in [0.717, 1.165) is 77.3 Å². The van der Waals surface area contributed by atoms with Crippen LogP contribution >= 0.6 is 58.2 Å². The van der Waals surface area contributed by atoms with Crippen LogP contribution < -0.4 is 8.92 Å². The van der Waals surface area contributed by atoms with Crippen LogP contribution in [0.5, 0.6) is 11.5 Å². The van der Waals surface area contributed by atoms with E-state index in [-0.39, 0.29) is 0 Å². The highest BCUT2D eigenvalue weighted by molar-refractivity contribution is 14.3. The highest BCUT2D eigenvalue weighted by atomic mass is 127. The van der Waals surface area contributed by atoms with Gasteiger partial charge < -0.3 is 32.6 Å². The lowest BCUT2D eigenvalue weighted by Crippen LogP contribution is -2.64. The lowest BCUT2D eigenvalue weighted by atomic mass is 9.75. The maximum Gasteiger partial charge on any atom is 0.339 e. The van der Waals surface area contributed by atoms with Crippen molar-refractivity contribution < 1.29 is 51.8 Å². The van der Waals surface area contributed by atoms with Crippen molar-refractivity contribution >= 4 is 82.0 Å². The lowest BCUT2D eigenvalue weighted by Gasteiger charge is -2.46. The van der Waals surface area contributed by atoms with Gasteiger partial charge in [0.2, 0.25) is 12.4 Å². The van der Waals surface area contributed by atoms with Crippen LogP contribution in [0.4, 0.5) is 0 Å². The first-order valence-electron chi connectivity index (χ1n) is 14.7. The fourth-order valence-corrected chi connectivity index (χ4v) is 8.54. The average molecular weight is 893 g/mol. The van der Waals surface area contributed by atoms with E-state index in [4.69, 9.17) is 32.6 Å². The maximum absolute atomic E-state index is 13.0. The van der Waals surface area contributed by atoms with E-state index in [0.29, 0.717) is 23.5 Å². The minimum absolute atomic E-state index is 0.397. The zero-order valence-electron chi connectivity index (χ0n) is 25.7. The molecule has 2 saturated heterocycles. The Kier molecular flexibility index (Phi) is 13.7. The normalized spacial score (nSPS) is 27.9. The zero-order chi connectivity index (χ0) is 32.8. The molecular weight excluding hydrogens is 855 g/mol. The van der Waals surface area contributed by atoms with Crippen molar-refractivity contribution in [3.63, 3.8) is 0 Å². The molecule has 2 aliphatic heterocycles. The summed E-state index contributed by atoms with van der Waals surface area (Å²) < 4.78 is 39.8. The maximum atomic E-state index is 13.0. The summed E-state index contributed by atoms with van der Waals surface area (Å²) in [5, 5.41) is 0. The molecule has 3 aliphatic rings. The molecule has 0 amide bonds. The van der Waals surface area contributed by atoms with E-state index >= 15 is 0 Å². The van der Waals surface area contributed by atoms with Gasteiger partial charge in [0.1, 0.15) is 14.1 Å². The quantitative estimate of drug-likeness (QED) is 0.0915. The molecule has 0 unspecified atom stereocenters. The van der Waals surface area contributed by atoms with Crippen LogP contribution in [0.15, 0.2) is 12.1 Å². The van der Waals surface area contributed by atoms with Gasteiger partial charge in [-0.25, -0.2) is 4.79 Å². The zero-order valence-corrected chi connectivity index (χ0v) is 31.7. The third-order valence-electron chi connectivity index (χ3n) is 8.01. The number of nitrogens with zero attached hydrogens (tertiary/aromatic N) is 1. The number of benzene rings is 1. The Morgan fingerprint density at radius 1 is 1.00 bits per heavy atom. The first kappa shape index (κ1) is 36.7. The van der Waals surface area contributed by atoms with E-state index in [1.165, 1.54) is 18.6 Å². The van der Waals surface area contributed by atoms with Gasteiger partial charge in [0.05, 0.1) is 7.11 Å². The second-order valence-corrected chi connectivity index (χ2v) is 28.6. The Balaban J connectivity index is 1.80. The summed E-state index contributed by atoms with van der Waals surface area (Å²) in [6, 6.07) is 4.34. The van der Waals surface area contributed by atoms with Crippen LogP contribution in [-0.4, -0.2) is 85.7 Å². The monoisotopic (exact) mass is 893 g/mol. The minimum Gasteiger partial charge on any atom is -0.467 e. The molecule has 7 atom stereocenters. The number of likely N-dealkylation sites (tertiary alicyclic amines) is 1. The van der Waals surface area contributed by atoms with Gasteiger partial charge in [-0.15, -0.1) is 0 Å². The number of hydrogen-bond acceptors (Lipinski definition) is 13. The first-order valence-corrected chi connectivity index (χ1v) is 23.0. The number of carbonyl (C=O) groups is 4. The second-order valence-electron chi connectivity index (χ2n) is 11.1. The van der Waals surface area contributed by atoms with E-state index in [9.17, 15) is 19.2 Å². The van der Waals surface area contributed by atoms with E-state index in [2.05, 4.69) is 62.0 Å². The van der Waals surface area contributed by atoms with Gasteiger partial charge in [-0.05, 0) is 107 Å². The Morgan fingerprint density at radius 2 is 1.67 bits per heavy atom. The van der Waals surface area contributed by atoms with Crippen LogP contribution in [-0.2, 0) is 55.7 Å². The second kappa shape index (κ2) is 16.8. The molecule has 0 aromatic heterocycles. The van der Waals surface area contributed by atoms with E-state index < -0.39 is 57.0 Å². The summed E-state index contributed by atoms with van der Waals surface area (Å²) in [7, 11) is 1.15. The Bertz CT molecular complexity index is 1250. The number of methoxy groups -OCH3 is 1. The molecular formula is C29H38I2NO11PS. The van der Waals surface area contributed by atoms with Gasteiger partial charge in [-0.1, -0.05) is 13.0 Å². The molecule has 2 fully saturated rings. The van der Waals surface area contributed by atoms with Gasteiger partial charge in [-0.2, -0.15) is 0 Å².